The lowest BCUT2D eigenvalue weighted by Crippen LogP contribution is -1.98. The van der Waals surface area contributed by atoms with E-state index in [1.54, 1.807) is 0 Å². The van der Waals surface area contributed by atoms with E-state index in [1.165, 1.54) is 12.6 Å². The number of nitrogens with two attached hydrogens (primary N) is 1. The van der Waals surface area contributed by atoms with Gasteiger partial charge in [-0.05, 0) is 36.7 Å². The average molecular weight is 342 g/mol. The van der Waals surface area contributed by atoms with Crippen LogP contribution < -0.4 is 5.73 Å². The van der Waals surface area contributed by atoms with Gasteiger partial charge in [-0.2, -0.15) is 0 Å². The number of anilines is 1. The molecule has 7 heteroatoms. The minimum atomic E-state index is 0.525. The zero-order chi connectivity index (χ0) is 17.9. The number of rotatable bonds is 11. The lowest BCUT2D eigenvalue weighted by atomic mass is 10.1. The van der Waals surface area contributed by atoms with Crippen LogP contribution in [0.4, 0.5) is 5.69 Å². The Balaban J connectivity index is 1.58. The molecule has 0 spiro atoms. The number of aryl methyl sites for hydroxylation is 1. The van der Waals surface area contributed by atoms with E-state index in [1.807, 2.05) is 35.1 Å². The van der Waals surface area contributed by atoms with Crippen LogP contribution in [0.25, 0.3) is 11.3 Å². The number of hydrogen-bond donors (Lipinski definition) is 1. The van der Waals surface area contributed by atoms with E-state index in [0.717, 1.165) is 55.6 Å². The molecule has 7 nitrogen and oxygen atoms in total. The monoisotopic (exact) mass is 342 g/mol. The lowest BCUT2D eigenvalue weighted by molar-refractivity contribution is -0.458. The van der Waals surface area contributed by atoms with Crippen LogP contribution >= 0.6 is 0 Å². The molecule has 2 aromatic rings. The number of benzene rings is 1. The molecular formula is C18H26N6O. The van der Waals surface area contributed by atoms with Gasteiger partial charge in [0, 0.05) is 17.8 Å². The minimum Gasteiger partial charge on any atom is -0.595 e. The second-order valence-corrected chi connectivity index (χ2v) is 5.96. The number of hydrogen-bond acceptors (Lipinski definition) is 5. The summed E-state index contributed by atoms with van der Waals surface area (Å²) in [4.78, 5) is 0.525. The van der Waals surface area contributed by atoms with Crippen molar-refractivity contribution in [1.29, 1.82) is 0 Å². The van der Waals surface area contributed by atoms with Crippen molar-refractivity contribution in [1.82, 2.24) is 15.0 Å². The predicted molar refractivity (Wildman–Crippen MR) is 98.7 cm³/mol. The third-order valence-electron chi connectivity index (χ3n) is 3.94. The highest BCUT2D eigenvalue weighted by atomic mass is 16.5. The Morgan fingerprint density at radius 2 is 1.80 bits per heavy atom. The first-order valence-corrected chi connectivity index (χ1v) is 8.71. The van der Waals surface area contributed by atoms with Crippen molar-refractivity contribution >= 4 is 5.69 Å². The maximum atomic E-state index is 10.8. The van der Waals surface area contributed by atoms with Gasteiger partial charge >= 0.3 is 0 Å². The molecule has 0 aliphatic heterocycles. The topological polar surface area (TPSA) is 95.2 Å². The number of nitrogens with zero attached hydrogens (tertiary/aromatic N) is 5. The smallest absolute Gasteiger partial charge is 0.202 e. The third kappa shape index (κ3) is 6.74. The van der Waals surface area contributed by atoms with Crippen LogP contribution in [0, 0.1) is 5.21 Å². The molecule has 0 aliphatic rings. The van der Waals surface area contributed by atoms with Gasteiger partial charge in [-0.15, -0.1) is 5.10 Å². The molecule has 2 N–H and O–H groups in total. The second-order valence-electron chi connectivity index (χ2n) is 5.96. The van der Waals surface area contributed by atoms with Gasteiger partial charge < -0.3 is 10.9 Å². The zero-order valence-electron chi connectivity index (χ0n) is 14.5. The van der Waals surface area contributed by atoms with Crippen molar-refractivity contribution in [2.75, 3.05) is 12.3 Å². The molecule has 0 radical (unpaired) electrons. The molecule has 25 heavy (non-hydrogen) atoms. The molecule has 0 atom stereocenters. The quantitative estimate of drug-likeness (QED) is 0.220. The maximum Gasteiger partial charge on any atom is 0.202 e. The number of nitrogen functional groups attached to an aromatic ring is 1. The van der Waals surface area contributed by atoms with Gasteiger partial charge in [-0.3, -0.25) is 4.68 Å². The Morgan fingerprint density at radius 3 is 2.52 bits per heavy atom. The molecule has 1 heterocycles. The molecule has 1 aromatic carbocycles. The summed E-state index contributed by atoms with van der Waals surface area (Å²) in [5, 5.41) is 23.0. The van der Waals surface area contributed by atoms with Gasteiger partial charge in [0.2, 0.25) is 6.20 Å². The molecule has 134 valence electrons. The summed E-state index contributed by atoms with van der Waals surface area (Å²) in [5.41, 5.74) is 8.34. The Labute approximate surface area is 148 Å². The van der Waals surface area contributed by atoms with Crippen molar-refractivity contribution < 1.29 is 4.86 Å². The molecule has 0 amide bonds. The van der Waals surface area contributed by atoms with Crippen LogP contribution in [0.15, 0.2) is 48.4 Å². The summed E-state index contributed by atoms with van der Waals surface area (Å²) in [6.45, 7) is 4.81. The fourth-order valence-electron chi connectivity index (χ4n) is 2.51. The van der Waals surface area contributed by atoms with Gasteiger partial charge in [0.1, 0.15) is 12.2 Å². The van der Waals surface area contributed by atoms with E-state index in [0.29, 0.717) is 11.4 Å². The first-order valence-electron chi connectivity index (χ1n) is 8.71. The Bertz CT molecular complexity index is 677. The van der Waals surface area contributed by atoms with Crippen LogP contribution in [0.2, 0.25) is 0 Å². The minimum absolute atomic E-state index is 0.525. The normalized spacial score (nSPS) is 11.6. The highest BCUT2D eigenvalue weighted by Crippen LogP contribution is 2.17. The fourth-order valence-corrected chi connectivity index (χ4v) is 2.51. The first kappa shape index (κ1) is 18.6. The van der Waals surface area contributed by atoms with Crippen LogP contribution in [0.1, 0.15) is 38.5 Å². The highest BCUT2D eigenvalue weighted by Gasteiger charge is 2.03. The van der Waals surface area contributed by atoms with Gasteiger partial charge in [0.25, 0.3) is 0 Å². The summed E-state index contributed by atoms with van der Waals surface area (Å²) >= 11 is 0. The SMILES string of the molecule is C=C[N+]([O-])=NCCCCCCCCn1cc(-c2ccc(N)cc2)nn1. The number of aromatic nitrogens is 3. The van der Waals surface area contributed by atoms with Crippen molar-refractivity contribution in [3.63, 3.8) is 0 Å². The van der Waals surface area contributed by atoms with Gasteiger partial charge in [-0.25, -0.2) is 0 Å². The largest absolute Gasteiger partial charge is 0.595 e. The molecule has 0 saturated carbocycles. The van der Waals surface area contributed by atoms with Crippen molar-refractivity contribution in [2.45, 2.75) is 45.1 Å². The Kier molecular flexibility index (Phi) is 7.62. The van der Waals surface area contributed by atoms with Crippen LogP contribution in [-0.4, -0.2) is 26.4 Å². The zero-order valence-corrected chi connectivity index (χ0v) is 14.5. The van der Waals surface area contributed by atoms with Crippen LogP contribution in [0.5, 0.6) is 0 Å². The molecule has 0 unspecified atom stereocenters. The molecule has 1 aromatic heterocycles. The van der Waals surface area contributed by atoms with Crippen molar-refractivity contribution in [3.8, 4) is 11.3 Å². The van der Waals surface area contributed by atoms with Crippen LogP contribution in [-0.2, 0) is 6.54 Å². The van der Waals surface area contributed by atoms with E-state index in [-0.39, 0.29) is 0 Å². The van der Waals surface area contributed by atoms with Gasteiger partial charge in [0.15, 0.2) is 0 Å². The van der Waals surface area contributed by atoms with E-state index >= 15 is 0 Å². The lowest BCUT2D eigenvalue weighted by Gasteiger charge is -2.01. The molecule has 2 rings (SSSR count). The summed E-state index contributed by atoms with van der Waals surface area (Å²) in [5.74, 6) is 0. The van der Waals surface area contributed by atoms with E-state index in [4.69, 9.17) is 5.73 Å². The molecule has 0 bridgehead atoms. The summed E-state index contributed by atoms with van der Waals surface area (Å²) < 4.78 is 1.89. The fraction of sp³-hybridized carbons (Fsp3) is 0.444. The number of unbranched alkanes of at least 4 members (excludes halogenated alkanes) is 5. The summed E-state index contributed by atoms with van der Waals surface area (Å²) in [6.07, 6.45) is 9.77. The van der Waals surface area contributed by atoms with Gasteiger partial charge in [-0.1, -0.05) is 47.9 Å². The highest BCUT2D eigenvalue weighted by molar-refractivity contribution is 5.60. The number of azo groups is 1. The molecule has 0 aliphatic carbocycles. The first-order chi connectivity index (χ1) is 12.2. The molecule has 0 fully saturated rings. The Morgan fingerprint density at radius 1 is 1.12 bits per heavy atom. The van der Waals surface area contributed by atoms with Crippen LogP contribution in [0.3, 0.4) is 0 Å². The summed E-state index contributed by atoms with van der Waals surface area (Å²) in [7, 11) is 0. The summed E-state index contributed by atoms with van der Waals surface area (Å²) in [6, 6.07) is 7.65. The molecule has 0 saturated heterocycles. The average Bonchev–Trinajstić information content (AvgIpc) is 3.09. The maximum absolute atomic E-state index is 10.8. The number of hydroxylamine groups is 1. The second kappa shape index (κ2) is 10.2. The van der Waals surface area contributed by atoms with Crippen molar-refractivity contribution in [3.05, 3.63) is 48.4 Å². The molecular weight excluding hydrogens is 316 g/mol. The van der Waals surface area contributed by atoms with E-state index < -0.39 is 0 Å². The Hall–Kier alpha value is -2.70. The third-order valence-corrected chi connectivity index (χ3v) is 3.94. The van der Waals surface area contributed by atoms with Gasteiger partial charge in [0.05, 0.1) is 6.20 Å². The van der Waals surface area contributed by atoms with E-state index in [2.05, 4.69) is 22.0 Å². The van der Waals surface area contributed by atoms with Crippen molar-refractivity contribution in [2.24, 2.45) is 5.11 Å². The predicted octanol–water partition coefficient (Wildman–Crippen LogP) is 3.97. The standard InChI is InChI=1S/C18H26N6O/c1-2-24(25)20-13-7-5-3-4-6-8-14-23-15-18(21-22-23)16-9-11-17(19)12-10-16/h2,9-12,15H,1,3-8,13-14,19H2. The van der Waals surface area contributed by atoms with E-state index in [9.17, 15) is 5.21 Å².